The van der Waals surface area contributed by atoms with Crippen molar-refractivity contribution in [3.8, 4) is 0 Å². The summed E-state index contributed by atoms with van der Waals surface area (Å²) in [6.45, 7) is 0. The summed E-state index contributed by atoms with van der Waals surface area (Å²) in [6, 6.07) is 16.1. The number of carbonyl (C=O) groups is 1. The fraction of sp³-hybridized carbons (Fsp3) is 0.0526. The Kier molecular flexibility index (Phi) is 4.28. The van der Waals surface area contributed by atoms with Crippen LogP contribution in [-0.2, 0) is 26.5 Å². The van der Waals surface area contributed by atoms with E-state index in [1.165, 1.54) is 48.5 Å². The number of nitrogens with zero attached hydrogens (tertiary/aromatic N) is 2. The fourth-order valence-corrected chi connectivity index (χ4v) is 7.45. The molecule has 0 aliphatic carbocycles. The highest BCUT2D eigenvalue weighted by molar-refractivity contribution is 8.12. The summed E-state index contributed by atoms with van der Waals surface area (Å²) >= 11 is 0. The van der Waals surface area contributed by atoms with Crippen LogP contribution < -0.4 is 3.71 Å². The summed E-state index contributed by atoms with van der Waals surface area (Å²) < 4.78 is 51.3. The molecule has 1 aromatic heterocycles. The van der Waals surface area contributed by atoms with E-state index in [-0.39, 0.29) is 27.7 Å². The molecule has 0 bridgehead atoms. The third-order valence-corrected chi connectivity index (χ3v) is 8.73. The minimum Gasteiger partial charge on any atom is -0.294 e. The monoisotopic (exact) mass is 414 g/mol. The number of aromatic nitrogens is 1. The molecule has 2 heterocycles. The number of sulfonamides is 2. The molecule has 0 unspecified atom stereocenters. The van der Waals surface area contributed by atoms with Gasteiger partial charge >= 0.3 is 0 Å². The number of anilines is 1. The molecule has 142 valence electrons. The van der Waals surface area contributed by atoms with Gasteiger partial charge in [-0.2, -0.15) is 20.5 Å². The van der Waals surface area contributed by atoms with Crippen LogP contribution in [0.4, 0.5) is 5.69 Å². The predicted molar refractivity (Wildman–Crippen MR) is 102 cm³/mol. The van der Waals surface area contributed by atoms with Crippen LogP contribution in [0.1, 0.15) is 16.1 Å². The van der Waals surface area contributed by atoms with E-state index in [0.717, 1.165) is 0 Å². The lowest BCUT2D eigenvalue weighted by atomic mass is 10.1. The summed E-state index contributed by atoms with van der Waals surface area (Å²) in [7, 11) is -8.48. The Balaban J connectivity index is 1.67. The van der Waals surface area contributed by atoms with Gasteiger partial charge in [-0.25, -0.2) is 0 Å². The summed E-state index contributed by atoms with van der Waals surface area (Å²) in [5.74, 6) is -0.208. The van der Waals surface area contributed by atoms with Crippen LogP contribution >= 0.6 is 0 Å². The molecule has 1 aliphatic heterocycles. The van der Waals surface area contributed by atoms with Crippen LogP contribution in [0.3, 0.4) is 0 Å². The van der Waals surface area contributed by atoms with Crippen molar-refractivity contribution >= 4 is 31.5 Å². The summed E-state index contributed by atoms with van der Waals surface area (Å²) in [5.41, 5.74) is 0.892. The molecule has 28 heavy (non-hydrogen) atoms. The Morgan fingerprint density at radius 2 is 1.36 bits per heavy atom. The number of rotatable bonds is 4. The van der Waals surface area contributed by atoms with Crippen LogP contribution in [0, 0.1) is 0 Å². The third-order valence-electron chi connectivity index (χ3n) is 4.31. The van der Waals surface area contributed by atoms with Crippen LogP contribution in [0.2, 0.25) is 0 Å². The van der Waals surface area contributed by atoms with Gasteiger partial charge in [-0.15, -0.1) is 0 Å². The van der Waals surface area contributed by atoms with Gasteiger partial charge in [0, 0.05) is 17.5 Å². The first-order valence-corrected chi connectivity index (χ1v) is 11.1. The fourth-order valence-electron chi connectivity index (χ4n) is 3.00. The Morgan fingerprint density at radius 3 is 1.89 bits per heavy atom. The van der Waals surface area contributed by atoms with E-state index in [9.17, 15) is 21.6 Å². The lowest BCUT2D eigenvalue weighted by molar-refractivity contribution is 0.0992. The van der Waals surface area contributed by atoms with E-state index in [0.29, 0.717) is 15.0 Å². The van der Waals surface area contributed by atoms with Gasteiger partial charge in [-0.05, 0) is 48.5 Å². The maximum Gasteiger partial charge on any atom is 0.279 e. The van der Waals surface area contributed by atoms with Crippen molar-refractivity contribution in [3.05, 3.63) is 84.2 Å². The van der Waals surface area contributed by atoms with Gasteiger partial charge in [0.15, 0.2) is 5.78 Å². The molecule has 0 fully saturated rings. The molecular formula is C19H14N2O5S2. The van der Waals surface area contributed by atoms with Crippen molar-refractivity contribution in [3.63, 3.8) is 0 Å². The van der Waals surface area contributed by atoms with Crippen LogP contribution in [0.25, 0.3) is 0 Å². The Bertz CT molecular complexity index is 1220. The van der Waals surface area contributed by atoms with E-state index >= 15 is 0 Å². The molecule has 0 atom stereocenters. The molecular weight excluding hydrogens is 400 g/mol. The van der Waals surface area contributed by atoms with Gasteiger partial charge in [-0.3, -0.25) is 9.78 Å². The van der Waals surface area contributed by atoms with E-state index in [1.807, 2.05) is 0 Å². The zero-order valence-corrected chi connectivity index (χ0v) is 16.0. The second-order valence-electron chi connectivity index (χ2n) is 6.12. The zero-order chi connectivity index (χ0) is 19.9. The van der Waals surface area contributed by atoms with Gasteiger partial charge in [0.2, 0.25) is 0 Å². The van der Waals surface area contributed by atoms with Gasteiger partial charge in [-0.1, -0.05) is 18.2 Å². The minimum atomic E-state index is -4.24. The van der Waals surface area contributed by atoms with E-state index in [2.05, 4.69) is 4.98 Å². The maximum atomic E-state index is 12.7. The number of ketones is 1. The van der Waals surface area contributed by atoms with E-state index < -0.39 is 20.0 Å². The first-order chi connectivity index (χ1) is 13.3. The second-order valence-corrected chi connectivity index (χ2v) is 9.86. The Morgan fingerprint density at radius 1 is 0.786 bits per heavy atom. The number of fused-ring (bicyclic) bond motifs is 1. The molecule has 7 nitrogen and oxygen atoms in total. The summed E-state index contributed by atoms with van der Waals surface area (Å²) in [6.07, 6.45) is 1.68. The number of hydrogen-bond acceptors (Lipinski definition) is 6. The van der Waals surface area contributed by atoms with Gasteiger partial charge < -0.3 is 0 Å². The van der Waals surface area contributed by atoms with E-state index in [1.54, 1.807) is 24.4 Å². The average Bonchev–Trinajstić information content (AvgIpc) is 2.85. The quantitative estimate of drug-likeness (QED) is 0.608. The molecule has 0 amide bonds. The molecule has 9 heteroatoms. The van der Waals surface area contributed by atoms with Crippen molar-refractivity contribution in [1.82, 2.24) is 4.98 Å². The van der Waals surface area contributed by atoms with Crippen LogP contribution in [0.15, 0.2) is 82.7 Å². The minimum absolute atomic E-state index is 0.0504. The van der Waals surface area contributed by atoms with Crippen LogP contribution in [0.5, 0.6) is 0 Å². The smallest absolute Gasteiger partial charge is 0.279 e. The molecule has 2 aromatic carbocycles. The summed E-state index contributed by atoms with van der Waals surface area (Å²) in [5, 5.41) is 0. The normalized spacial score (nSPS) is 16.5. The largest absolute Gasteiger partial charge is 0.294 e. The van der Waals surface area contributed by atoms with Gasteiger partial charge in [0.05, 0.1) is 12.1 Å². The molecule has 0 saturated carbocycles. The molecule has 0 spiro atoms. The topological polar surface area (TPSA) is 101 Å². The lowest BCUT2D eigenvalue weighted by Gasteiger charge is -2.16. The first kappa shape index (κ1) is 18.3. The molecule has 3 aromatic rings. The highest BCUT2D eigenvalue weighted by Gasteiger charge is 2.47. The van der Waals surface area contributed by atoms with Crippen molar-refractivity contribution in [2.24, 2.45) is 0 Å². The number of Topliss-reactive ketones (excluding diaryl/α,β-unsaturated/α-hetero) is 1. The Labute approximate surface area is 162 Å². The number of pyridine rings is 1. The third kappa shape index (κ3) is 2.88. The number of hydrogen-bond donors (Lipinski definition) is 0. The van der Waals surface area contributed by atoms with Crippen molar-refractivity contribution in [2.75, 3.05) is 3.71 Å². The molecule has 1 aliphatic rings. The second kappa shape index (κ2) is 6.54. The van der Waals surface area contributed by atoms with Gasteiger partial charge in [0.1, 0.15) is 9.79 Å². The molecule has 0 saturated heterocycles. The molecule has 4 rings (SSSR count). The lowest BCUT2D eigenvalue weighted by Crippen LogP contribution is -2.30. The van der Waals surface area contributed by atoms with E-state index in [4.69, 9.17) is 0 Å². The SMILES string of the molecule is O=C(Cc1ccccn1)c1ccc(N2S(=O)(=O)c3ccccc3S2(=O)=O)cc1. The van der Waals surface area contributed by atoms with Crippen molar-refractivity contribution in [2.45, 2.75) is 16.2 Å². The van der Waals surface area contributed by atoms with Crippen molar-refractivity contribution in [1.29, 1.82) is 0 Å². The number of benzene rings is 2. The highest BCUT2D eigenvalue weighted by Crippen LogP contribution is 2.39. The molecule has 0 radical (unpaired) electrons. The van der Waals surface area contributed by atoms with Crippen LogP contribution in [-0.4, -0.2) is 27.6 Å². The highest BCUT2D eigenvalue weighted by atomic mass is 32.3. The standard InChI is InChI=1S/C19H14N2O5S2/c22-17(13-15-5-3-4-12-20-15)14-8-10-16(11-9-14)21-27(23,24)18-6-1-2-7-19(18)28(21,25)26/h1-12H,13H2. The Hall–Kier alpha value is -3.04. The van der Waals surface area contributed by atoms with Gasteiger partial charge in [0.25, 0.3) is 20.0 Å². The van der Waals surface area contributed by atoms with Crippen molar-refractivity contribution < 1.29 is 21.6 Å². The summed E-state index contributed by atoms with van der Waals surface area (Å²) in [4.78, 5) is 16.0. The number of carbonyl (C=O) groups excluding carboxylic acids is 1. The average molecular weight is 414 g/mol. The molecule has 0 N–H and O–H groups in total. The first-order valence-electron chi connectivity index (χ1n) is 8.24. The maximum absolute atomic E-state index is 12.7. The zero-order valence-electron chi connectivity index (χ0n) is 14.4. The predicted octanol–water partition coefficient (Wildman–Crippen LogP) is 2.40.